The van der Waals surface area contributed by atoms with Gasteiger partial charge in [-0.1, -0.05) is 36.2 Å². The Balaban J connectivity index is 1.90. The molecular weight excluding hydrogens is 300 g/mol. The number of aryl methyl sites for hydroxylation is 1. The van der Waals surface area contributed by atoms with Crippen molar-refractivity contribution < 1.29 is 23.7 Å². The Kier molecular flexibility index (Phi) is 3.48. The van der Waals surface area contributed by atoms with Crippen LogP contribution in [0.4, 0.5) is 0 Å². The van der Waals surface area contributed by atoms with E-state index < -0.39 is 17.8 Å². The summed E-state index contributed by atoms with van der Waals surface area (Å²) in [5.41, 5.74) is 0.889. The molecule has 0 radical (unpaired) electrons. The molecule has 1 aliphatic heterocycles. The molecule has 0 bridgehead atoms. The van der Waals surface area contributed by atoms with Gasteiger partial charge in [-0.15, -0.1) is 0 Å². The molecular formula is C16H14N2O5. The number of hydrogen-bond acceptors (Lipinski definition) is 6. The summed E-state index contributed by atoms with van der Waals surface area (Å²) in [5, 5.41) is 4.22. The molecule has 118 valence electrons. The van der Waals surface area contributed by atoms with Gasteiger partial charge in [0.1, 0.15) is 5.56 Å². The number of carbonyl (C=O) groups is 3. The number of rotatable bonds is 3. The minimum atomic E-state index is -0.845. The average Bonchev–Trinajstić information content (AvgIpc) is 3.02. The summed E-state index contributed by atoms with van der Waals surface area (Å²) in [6.45, 7) is 5.26. The third-order valence-corrected chi connectivity index (χ3v) is 3.55. The lowest BCUT2D eigenvalue weighted by Gasteiger charge is -2.13. The highest BCUT2D eigenvalue weighted by Crippen LogP contribution is 2.26. The van der Waals surface area contributed by atoms with Crippen LogP contribution in [0, 0.1) is 6.92 Å². The van der Waals surface area contributed by atoms with Crippen molar-refractivity contribution in [2.24, 2.45) is 0 Å². The highest BCUT2D eigenvalue weighted by molar-refractivity contribution is 6.21. The van der Waals surface area contributed by atoms with Gasteiger partial charge in [0.25, 0.3) is 11.8 Å². The van der Waals surface area contributed by atoms with Crippen molar-refractivity contribution >= 4 is 17.8 Å². The van der Waals surface area contributed by atoms with Crippen LogP contribution in [0.3, 0.4) is 0 Å². The molecule has 0 spiro atoms. The van der Waals surface area contributed by atoms with Crippen LogP contribution in [-0.4, -0.2) is 28.0 Å². The van der Waals surface area contributed by atoms with Crippen LogP contribution in [0.25, 0.3) is 0 Å². The minimum Gasteiger partial charge on any atom is -0.360 e. The van der Waals surface area contributed by atoms with E-state index in [4.69, 9.17) is 9.36 Å². The fourth-order valence-electron chi connectivity index (χ4n) is 2.41. The second-order valence-electron chi connectivity index (χ2n) is 5.49. The Morgan fingerprint density at radius 3 is 2.26 bits per heavy atom. The SMILES string of the molecule is Cc1noc(C(C)C)c1C(=O)ON1C(=O)c2ccccc2C1=O. The molecule has 0 aliphatic carbocycles. The Morgan fingerprint density at radius 2 is 1.74 bits per heavy atom. The zero-order valence-corrected chi connectivity index (χ0v) is 12.8. The van der Waals surface area contributed by atoms with Gasteiger partial charge in [0.05, 0.1) is 16.8 Å². The first-order valence-electron chi connectivity index (χ1n) is 7.08. The smallest absolute Gasteiger partial charge is 0.360 e. The Bertz CT molecular complexity index is 787. The maximum Gasteiger partial charge on any atom is 0.369 e. The number of hydrogen-bond donors (Lipinski definition) is 0. The maximum absolute atomic E-state index is 12.4. The lowest BCUT2D eigenvalue weighted by molar-refractivity contribution is -0.0586. The molecule has 7 heteroatoms. The molecule has 0 atom stereocenters. The first kappa shape index (κ1) is 15.0. The van der Waals surface area contributed by atoms with Crippen molar-refractivity contribution in [2.45, 2.75) is 26.7 Å². The molecule has 0 saturated carbocycles. The number of amides is 2. The second-order valence-corrected chi connectivity index (χ2v) is 5.49. The number of hydroxylamine groups is 2. The lowest BCUT2D eigenvalue weighted by Crippen LogP contribution is -2.33. The average molecular weight is 314 g/mol. The monoisotopic (exact) mass is 314 g/mol. The van der Waals surface area contributed by atoms with Gasteiger partial charge in [-0.05, 0) is 19.1 Å². The highest BCUT2D eigenvalue weighted by atomic mass is 16.7. The van der Waals surface area contributed by atoms with Crippen LogP contribution in [0.2, 0.25) is 0 Å². The van der Waals surface area contributed by atoms with E-state index in [2.05, 4.69) is 5.16 Å². The third kappa shape index (κ3) is 2.30. The van der Waals surface area contributed by atoms with E-state index in [-0.39, 0.29) is 22.6 Å². The fourth-order valence-corrected chi connectivity index (χ4v) is 2.41. The molecule has 0 unspecified atom stereocenters. The highest BCUT2D eigenvalue weighted by Gasteiger charge is 2.39. The second kappa shape index (κ2) is 5.35. The Hall–Kier alpha value is -2.96. The van der Waals surface area contributed by atoms with E-state index in [0.29, 0.717) is 16.5 Å². The molecule has 7 nitrogen and oxygen atoms in total. The van der Waals surface area contributed by atoms with E-state index in [1.165, 1.54) is 12.1 Å². The van der Waals surface area contributed by atoms with Gasteiger partial charge in [-0.25, -0.2) is 4.79 Å². The van der Waals surface area contributed by atoms with Crippen molar-refractivity contribution in [3.63, 3.8) is 0 Å². The number of nitrogens with zero attached hydrogens (tertiary/aromatic N) is 2. The zero-order valence-electron chi connectivity index (χ0n) is 12.8. The molecule has 23 heavy (non-hydrogen) atoms. The van der Waals surface area contributed by atoms with Crippen molar-refractivity contribution in [1.29, 1.82) is 0 Å². The largest absolute Gasteiger partial charge is 0.369 e. The quantitative estimate of drug-likeness (QED) is 0.808. The first-order valence-corrected chi connectivity index (χ1v) is 7.08. The Morgan fingerprint density at radius 1 is 1.17 bits per heavy atom. The number of aromatic nitrogens is 1. The van der Waals surface area contributed by atoms with E-state index in [1.807, 2.05) is 13.8 Å². The summed E-state index contributed by atoms with van der Waals surface area (Å²) in [7, 11) is 0. The summed E-state index contributed by atoms with van der Waals surface area (Å²) in [4.78, 5) is 41.8. The van der Waals surface area contributed by atoms with E-state index in [0.717, 1.165) is 0 Å². The first-order chi connectivity index (χ1) is 10.9. The molecule has 0 fully saturated rings. The summed E-state index contributed by atoms with van der Waals surface area (Å²) in [6, 6.07) is 6.29. The van der Waals surface area contributed by atoms with Crippen LogP contribution in [0.15, 0.2) is 28.8 Å². The molecule has 1 aromatic carbocycles. The van der Waals surface area contributed by atoms with Crippen molar-refractivity contribution in [3.05, 3.63) is 52.4 Å². The molecule has 2 aromatic rings. The molecule has 2 amide bonds. The maximum atomic E-state index is 12.4. The van der Waals surface area contributed by atoms with Crippen LogP contribution < -0.4 is 0 Å². The molecule has 0 saturated heterocycles. The van der Waals surface area contributed by atoms with Crippen LogP contribution in [0.1, 0.15) is 62.3 Å². The minimum absolute atomic E-state index is 0.0964. The molecule has 0 N–H and O–H groups in total. The van der Waals surface area contributed by atoms with Crippen molar-refractivity contribution in [3.8, 4) is 0 Å². The van der Waals surface area contributed by atoms with Crippen LogP contribution >= 0.6 is 0 Å². The van der Waals surface area contributed by atoms with Gasteiger partial charge in [0, 0.05) is 5.92 Å². The number of fused-ring (bicyclic) bond motifs is 1. The predicted molar refractivity (Wildman–Crippen MR) is 77.7 cm³/mol. The molecule has 1 aromatic heterocycles. The zero-order chi connectivity index (χ0) is 16.7. The molecule has 3 rings (SSSR count). The summed E-state index contributed by atoms with van der Waals surface area (Å²) >= 11 is 0. The predicted octanol–water partition coefficient (Wildman–Crippen LogP) is 2.47. The van der Waals surface area contributed by atoms with Gasteiger partial charge in [0.15, 0.2) is 5.76 Å². The van der Waals surface area contributed by atoms with Crippen LogP contribution in [0.5, 0.6) is 0 Å². The Labute approximate surface area is 131 Å². The van der Waals surface area contributed by atoms with Crippen molar-refractivity contribution in [2.75, 3.05) is 0 Å². The van der Waals surface area contributed by atoms with Gasteiger partial charge in [-0.2, -0.15) is 0 Å². The fraction of sp³-hybridized carbons (Fsp3) is 0.250. The summed E-state index contributed by atoms with van der Waals surface area (Å²) in [6.07, 6.45) is 0. The third-order valence-electron chi connectivity index (χ3n) is 3.55. The van der Waals surface area contributed by atoms with E-state index >= 15 is 0 Å². The standard InChI is InChI=1S/C16H14N2O5/c1-8(2)13-12(9(3)17-22-13)16(21)23-18-14(19)10-6-4-5-7-11(10)15(18)20/h4-8H,1-3H3. The topological polar surface area (TPSA) is 89.7 Å². The summed E-state index contributed by atoms with van der Waals surface area (Å²) < 4.78 is 5.12. The van der Waals surface area contributed by atoms with Gasteiger partial charge < -0.3 is 9.36 Å². The number of benzene rings is 1. The van der Waals surface area contributed by atoms with E-state index in [9.17, 15) is 14.4 Å². The van der Waals surface area contributed by atoms with Gasteiger partial charge in [0.2, 0.25) is 0 Å². The molecule has 1 aliphatic rings. The summed E-state index contributed by atoms with van der Waals surface area (Å²) in [5.74, 6) is -1.93. The van der Waals surface area contributed by atoms with Gasteiger partial charge >= 0.3 is 5.97 Å². The number of carbonyl (C=O) groups excluding carboxylic acids is 3. The van der Waals surface area contributed by atoms with Crippen LogP contribution in [-0.2, 0) is 4.84 Å². The number of imide groups is 1. The molecule has 2 heterocycles. The van der Waals surface area contributed by atoms with Gasteiger partial charge in [-0.3, -0.25) is 9.59 Å². The normalized spacial score (nSPS) is 13.7. The van der Waals surface area contributed by atoms with Crippen molar-refractivity contribution in [1.82, 2.24) is 10.2 Å². The van der Waals surface area contributed by atoms with E-state index in [1.54, 1.807) is 19.1 Å². The lowest BCUT2D eigenvalue weighted by atomic mass is 10.1.